The van der Waals surface area contributed by atoms with Gasteiger partial charge in [-0.05, 0) is 41.8 Å². The number of aromatic nitrogens is 1. The lowest BCUT2D eigenvalue weighted by atomic mass is 10.0. The van der Waals surface area contributed by atoms with E-state index in [9.17, 15) is 4.79 Å². The quantitative estimate of drug-likeness (QED) is 0.659. The van der Waals surface area contributed by atoms with Gasteiger partial charge in [0.05, 0.1) is 5.52 Å². The molecule has 0 aliphatic carbocycles. The average Bonchev–Trinajstić information content (AvgIpc) is 2.80. The molecule has 3 rings (SSSR count). The van der Waals surface area contributed by atoms with Gasteiger partial charge in [0, 0.05) is 9.30 Å². The summed E-state index contributed by atoms with van der Waals surface area (Å²) >= 11 is 7.12. The minimum absolute atomic E-state index is 0.174. The van der Waals surface area contributed by atoms with E-state index in [4.69, 9.17) is 4.42 Å². The first-order valence-corrected chi connectivity index (χ1v) is 7.84. The lowest BCUT2D eigenvalue weighted by Crippen LogP contribution is -1.95. The predicted octanol–water partition coefficient (Wildman–Crippen LogP) is 4.56. The molecule has 0 aliphatic rings. The average molecular weight is 397 g/mol. The molecule has 0 radical (unpaired) electrons. The van der Waals surface area contributed by atoms with Crippen LogP contribution in [0.3, 0.4) is 0 Å². The van der Waals surface area contributed by atoms with Gasteiger partial charge in [0.2, 0.25) is 0 Å². The maximum atomic E-state index is 11.2. The van der Waals surface area contributed by atoms with Gasteiger partial charge in [0.1, 0.15) is 0 Å². The first-order valence-electron chi connectivity index (χ1n) is 6.13. The molecule has 0 bridgehead atoms. The van der Waals surface area contributed by atoms with E-state index in [0.717, 1.165) is 22.0 Å². The predicted molar refractivity (Wildman–Crippen MR) is 86.3 cm³/mol. The van der Waals surface area contributed by atoms with E-state index in [1.165, 1.54) is 5.56 Å². The van der Waals surface area contributed by atoms with Gasteiger partial charge in [-0.15, -0.1) is 0 Å². The van der Waals surface area contributed by atoms with Crippen LogP contribution in [0.5, 0.6) is 0 Å². The summed E-state index contributed by atoms with van der Waals surface area (Å²) in [5, 5.41) is 0. The van der Waals surface area contributed by atoms with E-state index in [-0.39, 0.29) is 4.83 Å². The van der Waals surface area contributed by atoms with Gasteiger partial charge in [-0.3, -0.25) is 4.98 Å². The van der Waals surface area contributed by atoms with E-state index in [2.05, 4.69) is 49.0 Å². The van der Waals surface area contributed by atoms with Crippen molar-refractivity contribution in [2.45, 2.75) is 11.2 Å². The van der Waals surface area contributed by atoms with Gasteiger partial charge in [0.15, 0.2) is 5.58 Å². The lowest BCUT2D eigenvalue weighted by molar-refractivity contribution is 0.555. The van der Waals surface area contributed by atoms with Crippen LogP contribution in [0.15, 0.2) is 56.1 Å². The van der Waals surface area contributed by atoms with Crippen LogP contribution in [0.2, 0.25) is 0 Å². The number of oxazole rings is 1. The molecule has 20 heavy (non-hydrogen) atoms. The minimum atomic E-state index is -0.420. The summed E-state index contributed by atoms with van der Waals surface area (Å²) in [6, 6.07) is 14.0. The Labute approximate surface area is 132 Å². The zero-order valence-corrected chi connectivity index (χ0v) is 13.6. The van der Waals surface area contributed by atoms with Crippen LogP contribution in [0, 0.1) is 0 Å². The number of halogens is 2. The number of rotatable bonds is 3. The molecule has 1 N–H and O–H groups in total. The van der Waals surface area contributed by atoms with Gasteiger partial charge in [-0.1, -0.05) is 50.1 Å². The van der Waals surface area contributed by atoms with Crippen LogP contribution in [0.25, 0.3) is 11.1 Å². The Morgan fingerprint density at radius 3 is 2.65 bits per heavy atom. The van der Waals surface area contributed by atoms with Crippen molar-refractivity contribution < 1.29 is 4.42 Å². The van der Waals surface area contributed by atoms with Gasteiger partial charge in [-0.2, -0.15) is 0 Å². The Kier molecular flexibility index (Phi) is 3.81. The first-order chi connectivity index (χ1) is 9.61. The highest BCUT2D eigenvalue weighted by atomic mass is 79.9. The Balaban J connectivity index is 1.85. The van der Waals surface area contributed by atoms with E-state index < -0.39 is 5.76 Å². The molecule has 0 saturated carbocycles. The second kappa shape index (κ2) is 5.58. The topological polar surface area (TPSA) is 46.0 Å². The highest BCUT2D eigenvalue weighted by Gasteiger charge is 2.11. The minimum Gasteiger partial charge on any atom is -0.408 e. The van der Waals surface area contributed by atoms with Crippen LogP contribution in [-0.4, -0.2) is 4.98 Å². The second-order valence-corrected chi connectivity index (χ2v) is 6.59. The number of hydrogen-bond acceptors (Lipinski definition) is 2. The second-order valence-electron chi connectivity index (χ2n) is 4.57. The number of H-pyrrole nitrogens is 1. The molecule has 0 fully saturated rings. The van der Waals surface area contributed by atoms with E-state index in [1.807, 2.05) is 30.3 Å². The van der Waals surface area contributed by atoms with Crippen molar-refractivity contribution in [3.8, 4) is 0 Å². The van der Waals surface area contributed by atoms with Crippen molar-refractivity contribution >= 4 is 43.0 Å². The molecule has 3 aromatic rings. The molecule has 1 heterocycles. The normalized spacial score (nSPS) is 12.7. The Hall–Kier alpha value is -1.33. The van der Waals surface area contributed by atoms with E-state index in [0.29, 0.717) is 5.58 Å². The zero-order valence-electron chi connectivity index (χ0n) is 10.4. The standard InChI is InChI=1S/C15H11Br2NO2/c16-11-4-1-9(2-5-11)7-12(17)10-3-6-13-14(8-10)20-15(19)18-13/h1-6,8,12H,7H2,(H,18,19). The van der Waals surface area contributed by atoms with Crippen LogP contribution >= 0.6 is 31.9 Å². The Morgan fingerprint density at radius 1 is 1.15 bits per heavy atom. The monoisotopic (exact) mass is 395 g/mol. The Bertz CT molecular complexity index is 789. The van der Waals surface area contributed by atoms with Crippen molar-refractivity contribution in [3.05, 3.63) is 68.6 Å². The van der Waals surface area contributed by atoms with Crippen molar-refractivity contribution in [1.29, 1.82) is 0 Å². The summed E-state index contributed by atoms with van der Waals surface area (Å²) < 4.78 is 6.16. The number of benzene rings is 2. The van der Waals surface area contributed by atoms with Crippen molar-refractivity contribution in [2.24, 2.45) is 0 Å². The van der Waals surface area contributed by atoms with Crippen molar-refractivity contribution in [2.75, 3.05) is 0 Å². The molecule has 3 nitrogen and oxygen atoms in total. The van der Waals surface area contributed by atoms with Crippen molar-refractivity contribution in [1.82, 2.24) is 4.98 Å². The third-order valence-electron chi connectivity index (χ3n) is 3.13. The molecular weight excluding hydrogens is 386 g/mol. The summed E-state index contributed by atoms with van der Waals surface area (Å²) in [4.78, 5) is 14.0. The van der Waals surface area contributed by atoms with Crippen molar-refractivity contribution in [3.63, 3.8) is 0 Å². The number of fused-ring (bicyclic) bond motifs is 1. The maximum absolute atomic E-state index is 11.2. The molecule has 0 saturated heterocycles. The molecule has 2 aromatic carbocycles. The molecule has 5 heteroatoms. The van der Waals surface area contributed by atoms with E-state index >= 15 is 0 Å². The maximum Gasteiger partial charge on any atom is 0.417 e. The molecular formula is C15H11Br2NO2. The molecule has 1 unspecified atom stereocenters. The number of hydrogen-bond donors (Lipinski definition) is 1. The molecule has 1 aromatic heterocycles. The van der Waals surface area contributed by atoms with Gasteiger partial charge < -0.3 is 4.42 Å². The van der Waals surface area contributed by atoms with Crippen LogP contribution in [-0.2, 0) is 6.42 Å². The zero-order chi connectivity index (χ0) is 14.1. The molecule has 0 spiro atoms. The van der Waals surface area contributed by atoms with Gasteiger partial charge in [0.25, 0.3) is 0 Å². The first kappa shape index (κ1) is 13.6. The SMILES string of the molecule is O=c1[nH]c2ccc(C(Br)Cc3ccc(Br)cc3)cc2o1. The highest BCUT2D eigenvalue weighted by Crippen LogP contribution is 2.29. The molecule has 0 aliphatic heterocycles. The number of alkyl halides is 1. The molecule has 102 valence electrons. The summed E-state index contributed by atoms with van der Waals surface area (Å²) in [5.74, 6) is -0.420. The van der Waals surface area contributed by atoms with Crippen LogP contribution in [0.1, 0.15) is 16.0 Å². The van der Waals surface area contributed by atoms with Gasteiger partial charge in [-0.25, -0.2) is 4.79 Å². The summed E-state index contributed by atoms with van der Waals surface area (Å²) in [6.45, 7) is 0. The fourth-order valence-electron chi connectivity index (χ4n) is 2.10. The highest BCUT2D eigenvalue weighted by molar-refractivity contribution is 9.10. The fourth-order valence-corrected chi connectivity index (χ4v) is 3.03. The summed E-state index contributed by atoms with van der Waals surface area (Å²) in [6.07, 6.45) is 0.868. The van der Waals surface area contributed by atoms with Crippen LogP contribution < -0.4 is 5.76 Å². The summed E-state index contributed by atoms with van der Waals surface area (Å²) in [7, 11) is 0. The Morgan fingerprint density at radius 2 is 1.90 bits per heavy atom. The molecule has 1 atom stereocenters. The third-order valence-corrected chi connectivity index (χ3v) is 4.52. The number of aromatic amines is 1. The fraction of sp³-hybridized carbons (Fsp3) is 0.133. The molecule has 0 amide bonds. The largest absolute Gasteiger partial charge is 0.417 e. The van der Waals surface area contributed by atoms with E-state index in [1.54, 1.807) is 0 Å². The van der Waals surface area contributed by atoms with Crippen LogP contribution in [0.4, 0.5) is 0 Å². The lowest BCUT2D eigenvalue weighted by Gasteiger charge is -2.10. The summed E-state index contributed by atoms with van der Waals surface area (Å²) in [5.41, 5.74) is 3.64. The smallest absolute Gasteiger partial charge is 0.408 e. The number of nitrogens with one attached hydrogen (secondary N) is 1. The third kappa shape index (κ3) is 2.88. The van der Waals surface area contributed by atoms with Gasteiger partial charge >= 0.3 is 5.76 Å².